The summed E-state index contributed by atoms with van der Waals surface area (Å²) in [5.74, 6) is 0. The predicted molar refractivity (Wildman–Crippen MR) is 86.0 cm³/mol. The van der Waals surface area contributed by atoms with E-state index in [1.165, 1.54) is 5.56 Å². The van der Waals surface area contributed by atoms with Gasteiger partial charge >= 0.3 is 0 Å². The molecule has 0 aliphatic rings. The topological polar surface area (TPSA) is 38.0 Å². The van der Waals surface area contributed by atoms with Gasteiger partial charge in [0.05, 0.1) is 0 Å². The Hall–Kier alpha value is -1.58. The summed E-state index contributed by atoms with van der Waals surface area (Å²) < 4.78 is 0. The van der Waals surface area contributed by atoms with Crippen molar-refractivity contribution in [1.82, 2.24) is 0 Å². The second-order valence-electron chi connectivity index (χ2n) is 4.24. The highest BCUT2D eigenvalue weighted by Crippen LogP contribution is 2.12. The van der Waals surface area contributed by atoms with E-state index in [0.29, 0.717) is 4.99 Å². The van der Waals surface area contributed by atoms with Crippen LogP contribution in [0.1, 0.15) is 11.1 Å². The van der Waals surface area contributed by atoms with E-state index in [-0.39, 0.29) is 0 Å². The fraction of sp³-hybridized carbons (Fsp3) is 0.133. The summed E-state index contributed by atoms with van der Waals surface area (Å²) in [6, 6.07) is 15.7. The van der Waals surface area contributed by atoms with E-state index in [2.05, 4.69) is 5.32 Å². The summed E-state index contributed by atoms with van der Waals surface area (Å²) in [5.41, 5.74) is 8.76. The lowest BCUT2D eigenvalue weighted by molar-refractivity contribution is 1.02. The van der Waals surface area contributed by atoms with E-state index in [0.717, 1.165) is 29.2 Å². The first-order valence-electron chi connectivity index (χ1n) is 6.03. The van der Waals surface area contributed by atoms with Crippen LogP contribution < -0.4 is 11.1 Å². The molecule has 0 heterocycles. The second kappa shape index (κ2) is 6.55. The van der Waals surface area contributed by atoms with Gasteiger partial charge in [-0.25, -0.2) is 0 Å². The summed E-state index contributed by atoms with van der Waals surface area (Å²) in [4.78, 5) is 0.424. The van der Waals surface area contributed by atoms with Gasteiger partial charge in [-0.1, -0.05) is 36.0 Å². The lowest BCUT2D eigenvalue weighted by atomic mass is 10.1. The molecule has 0 aromatic heterocycles. The molecular weight excluding hydrogens is 276 g/mol. The molecule has 0 fully saturated rings. The molecule has 0 unspecified atom stereocenters. The van der Waals surface area contributed by atoms with E-state index in [1.54, 1.807) is 0 Å². The highest BCUT2D eigenvalue weighted by Gasteiger charge is 1.97. The summed E-state index contributed by atoms with van der Waals surface area (Å²) in [7, 11) is 0. The number of hydrogen-bond donors (Lipinski definition) is 2. The van der Waals surface area contributed by atoms with Gasteiger partial charge in [0.15, 0.2) is 0 Å². The summed E-state index contributed by atoms with van der Waals surface area (Å²) in [6.45, 7) is 0.869. The monoisotopic (exact) mass is 290 g/mol. The number of halogens is 1. The normalized spacial score (nSPS) is 10.2. The zero-order valence-electron chi connectivity index (χ0n) is 10.4. The number of anilines is 1. The number of benzene rings is 2. The molecule has 0 bridgehead atoms. The van der Waals surface area contributed by atoms with Crippen LogP contribution in [-0.4, -0.2) is 11.5 Å². The molecular formula is C15H15ClN2S. The fourth-order valence-corrected chi connectivity index (χ4v) is 2.02. The average molecular weight is 291 g/mol. The number of nitrogens with one attached hydrogen (secondary N) is 1. The minimum absolute atomic E-state index is 0.424. The van der Waals surface area contributed by atoms with Crippen LogP contribution in [0.15, 0.2) is 48.5 Å². The molecule has 4 heteroatoms. The molecule has 0 saturated carbocycles. The lowest BCUT2D eigenvalue weighted by Gasteiger charge is -2.07. The molecule has 0 atom stereocenters. The van der Waals surface area contributed by atoms with Crippen LogP contribution in [-0.2, 0) is 6.42 Å². The molecule has 0 aliphatic carbocycles. The second-order valence-corrected chi connectivity index (χ2v) is 5.12. The Morgan fingerprint density at radius 3 is 2.26 bits per heavy atom. The Kier molecular flexibility index (Phi) is 4.77. The molecule has 19 heavy (non-hydrogen) atoms. The van der Waals surface area contributed by atoms with Gasteiger partial charge in [0.25, 0.3) is 0 Å². The Morgan fingerprint density at radius 1 is 1.05 bits per heavy atom. The number of hydrogen-bond acceptors (Lipinski definition) is 2. The summed E-state index contributed by atoms with van der Waals surface area (Å²) in [5, 5.41) is 4.13. The van der Waals surface area contributed by atoms with Gasteiger partial charge in [-0.05, 0) is 48.4 Å². The van der Waals surface area contributed by atoms with E-state index >= 15 is 0 Å². The van der Waals surface area contributed by atoms with Crippen molar-refractivity contribution in [1.29, 1.82) is 0 Å². The van der Waals surface area contributed by atoms with Crippen molar-refractivity contribution < 1.29 is 0 Å². The van der Waals surface area contributed by atoms with E-state index in [4.69, 9.17) is 29.6 Å². The van der Waals surface area contributed by atoms with Crippen molar-refractivity contribution >= 4 is 34.5 Å². The van der Waals surface area contributed by atoms with E-state index in [1.807, 2.05) is 48.5 Å². The Labute approximate surface area is 123 Å². The van der Waals surface area contributed by atoms with Crippen molar-refractivity contribution in [3.8, 4) is 0 Å². The van der Waals surface area contributed by atoms with Gasteiger partial charge in [-0.2, -0.15) is 0 Å². The number of thiocarbonyl (C=S) groups is 1. The minimum atomic E-state index is 0.424. The quantitative estimate of drug-likeness (QED) is 0.826. The fourth-order valence-electron chi connectivity index (χ4n) is 1.75. The lowest BCUT2D eigenvalue weighted by Crippen LogP contribution is -2.09. The average Bonchev–Trinajstić information content (AvgIpc) is 2.41. The third-order valence-electron chi connectivity index (χ3n) is 2.83. The highest BCUT2D eigenvalue weighted by atomic mass is 35.5. The molecule has 2 rings (SSSR count). The van der Waals surface area contributed by atoms with Crippen molar-refractivity contribution in [2.45, 2.75) is 6.42 Å². The summed E-state index contributed by atoms with van der Waals surface area (Å²) >= 11 is 10.8. The van der Waals surface area contributed by atoms with Crippen molar-refractivity contribution in [2.75, 3.05) is 11.9 Å². The maximum absolute atomic E-state index is 5.85. The maximum atomic E-state index is 5.85. The highest BCUT2D eigenvalue weighted by molar-refractivity contribution is 7.80. The molecule has 3 N–H and O–H groups in total. The molecule has 2 nitrogen and oxygen atoms in total. The third kappa shape index (κ3) is 4.23. The molecule has 0 spiro atoms. The number of nitrogens with two attached hydrogens (primary N) is 1. The molecule has 0 aliphatic heterocycles. The van der Waals surface area contributed by atoms with Crippen LogP contribution in [0, 0.1) is 0 Å². The van der Waals surface area contributed by atoms with Crippen LogP contribution in [0.25, 0.3) is 0 Å². The number of rotatable bonds is 5. The van der Waals surface area contributed by atoms with E-state index < -0.39 is 0 Å². The zero-order valence-corrected chi connectivity index (χ0v) is 12.0. The maximum Gasteiger partial charge on any atom is 0.103 e. The SMILES string of the molecule is NC(=S)c1ccc(NCCc2ccc(Cl)cc2)cc1. The first kappa shape index (κ1) is 13.8. The van der Waals surface area contributed by atoms with Gasteiger partial charge in [0.1, 0.15) is 4.99 Å². The van der Waals surface area contributed by atoms with Gasteiger partial charge in [0.2, 0.25) is 0 Å². The Morgan fingerprint density at radius 2 is 1.68 bits per heavy atom. The van der Waals surface area contributed by atoms with Gasteiger partial charge in [-0.15, -0.1) is 0 Å². The van der Waals surface area contributed by atoms with Crippen LogP contribution in [0.5, 0.6) is 0 Å². The summed E-state index contributed by atoms with van der Waals surface area (Å²) in [6.07, 6.45) is 0.953. The van der Waals surface area contributed by atoms with Crippen LogP contribution in [0.4, 0.5) is 5.69 Å². The van der Waals surface area contributed by atoms with Gasteiger partial charge in [-0.3, -0.25) is 0 Å². The molecule has 98 valence electrons. The standard InChI is InChI=1S/C15H15ClN2S/c16-13-5-1-11(2-6-13)9-10-18-14-7-3-12(4-8-14)15(17)19/h1-8,18H,9-10H2,(H2,17,19). The van der Waals surface area contributed by atoms with Crippen molar-refractivity contribution in [3.05, 3.63) is 64.7 Å². The largest absolute Gasteiger partial charge is 0.389 e. The molecule has 2 aromatic rings. The van der Waals surface area contributed by atoms with Crippen molar-refractivity contribution in [2.24, 2.45) is 5.73 Å². The minimum Gasteiger partial charge on any atom is -0.389 e. The first-order chi connectivity index (χ1) is 9.15. The smallest absolute Gasteiger partial charge is 0.103 e. The Balaban J connectivity index is 1.85. The molecule has 0 radical (unpaired) electrons. The zero-order chi connectivity index (χ0) is 13.7. The Bertz CT molecular complexity index is 549. The van der Waals surface area contributed by atoms with Crippen LogP contribution >= 0.6 is 23.8 Å². The predicted octanol–water partition coefficient (Wildman–Crippen LogP) is 3.63. The molecule has 0 amide bonds. The first-order valence-corrected chi connectivity index (χ1v) is 6.82. The molecule has 2 aromatic carbocycles. The third-order valence-corrected chi connectivity index (χ3v) is 3.31. The van der Waals surface area contributed by atoms with Gasteiger partial charge in [0, 0.05) is 22.8 Å². The van der Waals surface area contributed by atoms with Crippen LogP contribution in [0.2, 0.25) is 5.02 Å². The van der Waals surface area contributed by atoms with E-state index in [9.17, 15) is 0 Å². The van der Waals surface area contributed by atoms with Gasteiger partial charge < -0.3 is 11.1 Å². The molecule has 0 saturated heterocycles. The van der Waals surface area contributed by atoms with Crippen LogP contribution in [0.3, 0.4) is 0 Å². The van der Waals surface area contributed by atoms with Crippen molar-refractivity contribution in [3.63, 3.8) is 0 Å².